The third kappa shape index (κ3) is 131. The minimum Gasteiger partial charge on any atom is -0.400 e. The number of rotatable bonds is 0. The summed E-state index contributed by atoms with van der Waals surface area (Å²) >= 11 is 4.24. The molecule has 0 spiro atoms. The zero-order valence-electron chi connectivity index (χ0n) is 4.54. The summed E-state index contributed by atoms with van der Waals surface area (Å²) in [7, 11) is 1.00. The Morgan fingerprint density at radius 1 is 1.33 bits per heavy atom. The monoisotopic (exact) mass is 386 g/mol. The molecule has 0 amide bonds. The van der Waals surface area contributed by atoms with Gasteiger partial charge in [-0.25, -0.2) is 0 Å². The van der Waals surface area contributed by atoms with Gasteiger partial charge in [0.2, 0.25) is 0 Å². The Bertz CT molecular complexity index is 24.0. The Balaban J connectivity index is -0.00000000825. The average molecular weight is 386 g/mol. The van der Waals surface area contributed by atoms with Gasteiger partial charge in [-0.05, 0) is 6.92 Å². The van der Waals surface area contributed by atoms with Gasteiger partial charge in [-0.15, -0.1) is 0 Å². The summed E-state index contributed by atoms with van der Waals surface area (Å²) in [6.45, 7) is 1.44. The van der Waals surface area contributed by atoms with E-state index >= 15 is 0 Å². The van der Waals surface area contributed by atoms with Gasteiger partial charge in [-0.2, -0.15) is 0 Å². The van der Waals surface area contributed by atoms with Gasteiger partial charge in [-0.3, -0.25) is 0 Å². The summed E-state index contributed by atoms with van der Waals surface area (Å²) in [5, 5.41) is 7.00. The van der Waals surface area contributed by atoms with E-state index in [0.717, 1.165) is 13.4 Å². The largest absolute Gasteiger partial charge is 0.400 e. The Labute approximate surface area is 110 Å². The number of hydrogen-bond acceptors (Lipinski definition) is 2. The quantitative estimate of drug-likeness (QED) is 0.513. The molecule has 0 aromatic rings. The maximum absolute atomic E-state index is 8.81. The van der Waals surface area contributed by atoms with Crippen molar-refractivity contribution in [3.8, 4) is 0 Å². The van der Waals surface area contributed by atoms with Crippen LogP contribution in [0.4, 0.5) is 0 Å². The zero-order valence-corrected chi connectivity index (χ0v) is 9.56. The van der Waals surface area contributed by atoms with Gasteiger partial charge in [0, 0.05) is 82.1 Å². The van der Waals surface area contributed by atoms with E-state index in [4.69, 9.17) is 9.90 Å². The van der Waals surface area contributed by atoms with Crippen LogP contribution in [-0.4, -0.2) is 18.5 Å². The van der Waals surface area contributed by atoms with Crippen LogP contribution < -0.4 is 0 Å². The first-order valence-electron chi connectivity index (χ1n) is 1.40. The molecular formula is C4H12ArI2O2. The summed E-state index contributed by atoms with van der Waals surface area (Å²) in [5.74, 6) is 0. The molecule has 5 heteroatoms. The minimum absolute atomic E-state index is 0. The van der Waals surface area contributed by atoms with Crippen LogP contribution in [0.1, 0.15) is 14.4 Å². The molecule has 1 N–H and O–H groups in total. The molecule has 0 fully saturated rings. The fourth-order valence-corrected chi connectivity index (χ4v) is 0. The first kappa shape index (κ1) is 30.2. The van der Waals surface area contributed by atoms with Gasteiger partial charge in [0.1, 0.15) is 6.29 Å². The molecule has 0 saturated carbocycles. The molecule has 62 valence electrons. The van der Waals surface area contributed by atoms with Crippen LogP contribution in [0.25, 0.3) is 0 Å². The molecule has 0 aliphatic heterocycles. The molecule has 0 bridgehead atoms. The van der Waals surface area contributed by atoms with Crippen LogP contribution in [0.3, 0.4) is 0 Å². The van der Waals surface area contributed by atoms with E-state index < -0.39 is 0 Å². The first-order valence-corrected chi connectivity index (χ1v) is 7.69. The molecule has 0 radical (unpaired) electrons. The van der Waals surface area contributed by atoms with Crippen molar-refractivity contribution in [2.45, 2.75) is 14.4 Å². The van der Waals surface area contributed by atoms with Crippen LogP contribution in [0.2, 0.25) is 0 Å². The summed E-state index contributed by atoms with van der Waals surface area (Å²) in [6, 6.07) is 0. The zero-order chi connectivity index (χ0) is 6.71. The Morgan fingerprint density at radius 2 is 1.33 bits per heavy atom. The molecule has 0 aliphatic rings. The molecule has 0 unspecified atom stereocenters. The number of aldehydes is 1. The van der Waals surface area contributed by atoms with Crippen LogP contribution in [0.15, 0.2) is 0 Å². The molecule has 2 nitrogen and oxygen atoms in total. The van der Waals surface area contributed by atoms with E-state index in [9.17, 15) is 0 Å². The van der Waals surface area contributed by atoms with Gasteiger partial charge < -0.3 is 9.90 Å². The topological polar surface area (TPSA) is 37.3 Å². The maximum Gasteiger partial charge on any atom is 0.116 e. The van der Waals surface area contributed by atoms with E-state index in [-0.39, 0.29) is 45.2 Å². The van der Waals surface area contributed by atoms with Crippen molar-refractivity contribution >= 4 is 43.5 Å². The fourth-order valence-electron chi connectivity index (χ4n) is 0. The maximum atomic E-state index is 8.81. The summed E-state index contributed by atoms with van der Waals surface area (Å²) in [5.41, 5.74) is 0. The average Bonchev–Trinajstić information content (AvgIpc) is 1.78. The van der Waals surface area contributed by atoms with Crippen molar-refractivity contribution in [1.82, 2.24) is 0 Å². The van der Waals surface area contributed by atoms with Crippen molar-refractivity contribution in [1.29, 1.82) is 0 Å². The number of aliphatic hydroxyl groups excluding tert-OH is 1. The minimum atomic E-state index is 0. The van der Waals surface area contributed by atoms with Crippen LogP contribution in [-0.2, 0) is 4.79 Å². The third-order valence-corrected chi connectivity index (χ3v) is 0. The van der Waals surface area contributed by atoms with Gasteiger partial charge >= 0.3 is 0 Å². The molecule has 0 aliphatic carbocycles. The number of aliphatic hydroxyl groups is 1. The van der Waals surface area contributed by atoms with Gasteiger partial charge in [0.25, 0.3) is 0 Å². The van der Waals surface area contributed by atoms with Crippen molar-refractivity contribution in [3.63, 3.8) is 0 Å². The first-order chi connectivity index (χ1) is 3.41. The summed E-state index contributed by atoms with van der Waals surface area (Å²) < 4.78 is 0. The molecule has 0 aromatic carbocycles. The second-order valence-electron chi connectivity index (χ2n) is 0.236. The predicted molar refractivity (Wildman–Crippen MR) is 54.7 cm³/mol. The van der Waals surface area contributed by atoms with Gasteiger partial charge in [-0.1, -0.05) is 7.43 Å². The number of hydrogen-bond donors (Lipinski definition) is 1. The predicted octanol–water partition coefficient (Wildman–Crippen LogP) is 2.22. The standard InChI is InChI=1S/C2H4O.CH4O.CH4.Ar.I2/c1-2-3;1-2;;;1-2/h2H,1H3;2H,1H3;1H4;;. The van der Waals surface area contributed by atoms with Crippen molar-refractivity contribution < 1.29 is 47.6 Å². The van der Waals surface area contributed by atoms with Gasteiger partial charge in [0.15, 0.2) is 0 Å². The SMILES string of the molecule is C.CC=O.CO.II.[Ar]. The molecule has 0 saturated heterocycles. The number of halogens is 2. The summed E-state index contributed by atoms with van der Waals surface area (Å²) in [4.78, 5) is 8.81. The molecule has 0 heterocycles. The number of carbonyl (C=O) groups excluding carboxylic acids is 1. The van der Waals surface area contributed by atoms with E-state index in [1.165, 1.54) is 6.92 Å². The van der Waals surface area contributed by atoms with Crippen LogP contribution in [0, 0.1) is 37.7 Å². The smallest absolute Gasteiger partial charge is 0.116 e. The van der Waals surface area contributed by atoms with E-state index in [1.807, 2.05) is 0 Å². The fraction of sp³-hybridized carbons (Fsp3) is 0.750. The second-order valence-corrected chi connectivity index (χ2v) is 0.236. The van der Waals surface area contributed by atoms with E-state index in [2.05, 4.69) is 37.2 Å². The Hall–Kier alpha value is 2.35. The third-order valence-electron chi connectivity index (χ3n) is 0. The normalized spacial score (nSPS) is 2.78. The van der Waals surface area contributed by atoms with Crippen LogP contribution >= 0.6 is 37.2 Å². The van der Waals surface area contributed by atoms with Crippen molar-refractivity contribution in [2.24, 2.45) is 0 Å². The second kappa shape index (κ2) is 80.6. The molecule has 0 atom stereocenters. The van der Waals surface area contributed by atoms with Crippen molar-refractivity contribution in [3.05, 3.63) is 0 Å². The van der Waals surface area contributed by atoms with E-state index in [0.29, 0.717) is 0 Å². The molecular weight excluding hydrogens is 374 g/mol. The Morgan fingerprint density at radius 3 is 1.33 bits per heavy atom. The van der Waals surface area contributed by atoms with Crippen molar-refractivity contribution in [2.75, 3.05) is 7.11 Å². The molecule has 9 heavy (non-hydrogen) atoms. The molecule has 0 rings (SSSR count). The number of carbonyl (C=O) groups is 1. The summed E-state index contributed by atoms with van der Waals surface area (Å²) in [6.07, 6.45) is 0.750. The van der Waals surface area contributed by atoms with Gasteiger partial charge in [0.05, 0.1) is 0 Å². The Kier molecular flexibility index (Phi) is 270. The van der Waals surface area contributed by atoms with E-state index in [1.54, 1.807) is 0 Å². The molecule has 0 aromatic heterocycles. The van der Waals surface area contributed by atoms with Crippen LogP contribution in [0.5, 0.6) is 0 Å².